The molecule has 0 saturated heterocycles. The van der Waals surface area contributed by atoms with Crippen LogP contribution in [-0.4, -0.2) is 16.7 Å². The van der Waals surface area contributed by atoms with Crippen molar-refractivity contribution in [2.45, 2.75) is 0 Å². The number of aromatic nitrogens is 1. The summed E-state index contributed by atoms with van der Waals surface area (Å²) in [7, 11) is 0. The van der Waals surface area contributed by atoms with Crippen molar-refractivity contribution in [1.82, 2.24) is 4.98 Å². The summed E-state index contributed by atoms with van der Waals surface area (Å²) in [5.74, 6) is 9.97. The Bertz CT molecular complexity index is 421. The number of amidine groups is 2. The van der Waals surface area contributed by atoms with Crippen molar-refractivity contribution in [2.24, 2.45) is 32.1 Å². The maximum absolute atomic E-state index is 6.82. The summed E-state index contributed by atoms with van der Waals surface area (Å²) in [6, 6.07) is 4.74. The zero-order chi connectivity index (χ0) is 12.0. The van der Waals surface area contributed by atoms with Crippen molar-refractivity contribution in [3.63, 3.8) is 0 Å². The number of nitrogens with zero attached hydrogens (tertiary/aromatic N) is 5. The summed E-state index contributed by atoms with van der Waals surface area (Å²) in [6.45, 7) is 0. The first kappa shape index (κ1) is 11.4. The number of nitrogens with two attached hydrogens (primary N) is 2. The molecule has 9 heteroatoms. The summed E-state index contributed by atoms with van der Waals surface area (Å²) in [6.07, 6.45) is 0. The maximum atomic E-state index is 6.82. The molecule has 0 amide bonds. The largest absolute Gasteiger partial charge is 0.321 e. The number of hydrogen-bond acceptors (Lipinski definition) is 7. The van der Waals surface area contributed by atoms with Crippen LogP contribution in [0.1, 0.15) is 11.4 Å². The zero-order valence-electron chi connectivity index (χ0n) is 8.12. The van der Waals surface area contributed by atoms with E-state index in [-0.39, 0.29) is 23.1 Å². The van der Waals surface area contributed by atoms with Crippen molar-refractivity contribution in [2.75, 3.05) is 0 Å². The predicted octanol–water partition coefficient (Wildman–Crippen LogP) is 0.384. The Morgan fingerprint density at radius 3 is 1.75 bits per heavy atom. The number of rotatable bonds is 2. The molecule has 1 rings (SSSR count). The second kappa shape index (κ2) is 5.24. The highest BCUT2D eigenvalue weighted by atomic mass is 15.2. The topological polar surface area (TPSA) is 162 Å². The van der Waals surface area contributed by atoms with Crippen LogP contribution in [0.15, 0.2) is 38.6 Å². The van der Waals surface area contributed by atoms with E-state index in [4.69, 9.17) is 22.7 Å². The van der Waals surface area contributed by atoms with Crippen molar-refractivity contribution in [3.05, 3.63) is 29.6 Å². The Balaban J connectivity index is 3.23. The van der Waals surface area contributed by atoms with Gasteiger partial charge in [-0.2, -0.15) is 10.2 Å². The van der Waals surface area contributed by atoms with E-state index >= 15 is 0 Å². The molecule has 16 heavy (non-hydrogen) atoms. The van der Waals surface area contributed by atoms with E-state index in [9.17, 15) is 0 Å². The van der Waals surface area contributed by atoms with Crippen molar-refractivity contribution < 1.29 is 0 Å². The highest BCUT2D eigenvalue weighted by Crippen LogP contribution is 2.03. The van der Waals surface area contributed by atoms with Gasteiger partial charge in [0.15, 0.2) is 0 Å². The van der Waals surface area contributed by atoms with Crippen LogP contribution in [0.3, 0.4) is 0 Å². The van der Waals surface area contributed by atoms with E-state index in [1.807, 2.05) is 0 Å². The van der Waals surface area contributed by atoms with Crippen molar-refractivity contribution in [3.8, 4) is 0 Å². The van der Waals surface area contributed by atoms with Gasteiger partial charge in [0.05, 0.1) is 0 Å². The van der Waals surface area contributed by atoms with Crippen LogP contribution in [0, 0.1) is 11.1 Å². The molecule has 1 aromatic rings. The SMILES string of the molecule is N=NC(=NN)c1cccc(C(N=N)=NN)n1. The molecule has 0 radical (unpaired) electrons. The van der Waals surface area contributed by atoms with Gasteiger partial charge in [-0.3, -0.25) is 0 Å². The fraction of sp³-hybridized carbons (Fsp3) is 0. The molecule has 0 aliphatic carbocycles. The molecule has 0 aliphatic heterocycles. The minimum atomic E-state index is -0.0387. The fourth-order valence-corrected chi connectivity index (χ4v) is 0.988. The Morgan fingerprint density at radius 1 is 1.00 bits per heavy atom. The van der Waals surface area contributed by atoms with Crippen LogP contribution >= 0.6 is 0 Å². The molecule has 0 fully saturated rings. The van der Waals surface area contributed by atoms with E-state index < -0.39 is 0 Å². The Morgan fingerprint density at radius 2 is 1.44 bits per heavy atom. The van der Waals surface area contributed by atoms with Gasteiger partial charge in [-0.25, -0.2) is 16.0 Å². The second-order valence-electron chi connectivity index (χ2n) is 2.54. The first-order valence-corrected chi connectivity index (χ1v) is 4.05. The average Bonchev–Trinajstić information content (AvgIpc) is 2.33. The van der Waals surface area contributed by atoms with Gasteiger partial charge in [0.1, 0.15) is 11.4 Å². The molecule has 82 valence electrons. The molecule has 0 spiro atoms. The number of hydrogen-bond donors (Lipinski definition) is 4. The third-order valence-corrected chi connectivity index (χ3v) is 1.66. The number of nitrogens with one attached hydrogen (secondary N) is 2. The molecule has 0 saturated carbocycles. The molecular formula is C7H9N9. The molecular weight excluding hydrogens is 210 g/mol. The minimum absolute atomic E-state index is 0.0387. The van der Waals surface area contributed by atoms with Crippen LogP contribution in [0.5, 0.6) is 0 Å². The van der Waals surface area contributed by atoms with Crippen LogP contribution < -0.4 is 11.7 Å². The average molecular weight is 219 g/mol. The summed E-state index contributed by atoms with van der Waals surface area (Å²) >= 11 is 0. The maximum Gasteiger partial charge on any atom is 0.218 e. The summed E-state index contributed by atoms with van der Waals surface area (Å²) in [5.41, 5.74) is 14.2. The van der Waals surface area contributed by atoms with Gasteiger partial charge in [-0.05, 0) is 12.1 Å². The lowest BCUT2D eigenvalue weighted by molar-refractivity contribution is 1.09. The summed E-state index contributed by atoms with van der Waals surface area (Å²) in [4.78, 5) is 4.01. The molecule has 1 aromatic heterocycles. The lowest BCUT2D eigenvalue weighted by atomic mass is 10.2. The van der Waals surface area contributed by atoms with Gasteiger partial charge >= 0.3 is 0 Å². The number of pyridine rings is 1. The quantitative estimate of drug-likeness (QED) is 0.186. The molecule has 1 heterocycles. The van der Waals surface area contributed by atoms with Gasteiger partial charge < -0.3 is 11.7 Å². The van der Waals surface area contributed by atoms with E-state index in [1.165, 1.54) is 0 Å². The van der Waals surface area contributed by atoms with E-state index in [2.05, 4.69) is 25.4 Å². The smallest absolute Gasteiger partial charge is 0.218 e. The Labute approximate surface area is 90.3 Å². The summed E-state index contributed by atoms with van der Waals surface area (Å²) < 4.78 is 0. The normalized spacial score (nSPS) is 12.2. The second-order valence-corrected chi connectivity index (χ2v) is 2.54. The molecule has 9 nitrogen and oxygen atoms in total. The van der Waals surface area contributed by atoms with Crippen LogP contribution in [0.2, 0.25) is 0 Å². The van der Waals surface area contributed by atoms with Crippen molar-refractivity contribution in [1.29, 1.82) is 11.1 Å². The first-order valence-electron chi connectivity index (χ1n) is 4.05. The van der Waals surface area contributed by atoms with Crippen LogP contribution in [0.4, 0.5) is 0 Å². The highest BCUT2D eigenvalue weighted by molar-refractivity contribution is 6.00. The summed E-state index contributed by atoms with van der Waals surface area (Å²) in [5, 5.41) is 12.7. The zero-order valence-corrected chi connectivity index (χ0v) is 8.12. The Hall–Kier alpha value is -2.71. The molecule has 6 N–H and O–H groups in total. The monoisotopic (exact) mass is 219 g/mol. The molecule has 0 aliphatic rings. The lowest BCUT2D eigenvalue weighted by Gasteiger charge is -2.00. The predicted molar refractivity (Wildman–Crippen MR) is 56.0 cm³/mol. The Kier molecular flexibility index (Phi) is 3.72. The molecule has 0 aromatic carbocycles. The van der Waals surface area contributed by atoms with Gasteiger partial charge in [0.25, 0.3) is 0 Å². The van der Waals surface area contributed by atoms with Crippen LogP contribution in [0.25, 0.3) is 0 Å². The van der Waals surface area contributed by atoms with E-state index in [0.29, 0.717) is 0 Å². The minimum Gasteiger partial charge on any atom is -0.321 e. The first-order chi connectivity index (χ1) is 7.76. The van der Waals surface area contributed by atoms with Gasteiger partial charge in [-0.1, -0.05) is 6.07 Å². The highest BCUT2D eigenvalue weighted by Gasteiger charge is 2.08. The van der Waals surface area contributed by atoms with E-state index in [1.54, 1.807) is 18.2 Å². The molecule has 0 atom stereocenters. The third-order valence-electron chi connectivity index (χ3n) is 1.66. The van der Waals surface area contributed by atoms with Crippen molar-refractivity contribution >= 4 is 11.7 Å². The van der Waals surface area contributed by atoms with E-state index in [0.717, 1.165) is 0 Å². The van der Waals surface area contributed by atoms with Gasteiger partial charge in [0.2, 0.25) is 11.7 Å². The van der Waals surface area contributed by atoms with Gasteiger partial charge in [0, 0.05) is 0 Å². The van der Waals surface area contributed by atoms with Crippen LogP contribution in [-0.2, 0) is 0 Å². The molecule has 0 bridgehead atoms. The third kappa shape index (κ3) is 2.20. The lowest BCUT2D eigenvalue weighted by Crippen LogP contribution is -2.08. The fourth-order valence-electron chi connectivity index (χ4n) is 0.988. The number of hydrazone groups is 2. The molecule has 0 unspecified atom stereocenters. The standard InChI is InChI=1S/C7H9N9/c8-13-6(14-9)4-2-1-3-5(12-4)7(15-10)16-11/h1-3,8,10H,9,11H2. The van der Waals surface area contributed by atoms with Gasteiger partial charge in [-0.15, -0.1) is 10.2 Å².